The van der Waals surface area contributed by atoms with Gasteiger partial charge in [-0.2, -0.15) is 0 Å². The zero-order valence-corrected chi connectivity index (χ0v) is 24.9. The van der Waals surface area contributed by atoms with Gasteiger partial charge in [0.05, 0.1) is 12.2 Å². The number of azide groups is 1. The zero-order valence-electron chi connectivity index (χ0n) is 23.1. The third-order valence-electron chi connectivity index (χ3n) is 7.19. The molecule has 5 atom stereocenters. The summed E-state index contributed by atoms with van der Waals surface area (Å²) in [5.41, 5.74) is 8.86. The van der Waals surface area contributed by atoms with Crippen LogP contribution in [0.15, 0.2) is 96.1 Å². The van der Waals surface area contributed by atoms with Crippen LogP contribution in [0.4, 0.5) is 0 Å². The van der Waals surface area contributed by atoms with Crippen molar-refractivity contribution >= 4 is 36.4 Å². The number of aliphatic hydroxyl groups is 1. The lowest BCUT2D eigenvalue weighted by atomic mass is 9.98. The lowest BCUT2D eigenvalue weighted by molar-refractivity contribution is -0.166. The van der Waals surface area contributed by atoms with Crippen LogP contribution >= 0.6 is 11.8 Å². The average molecular weight is 578 g/mol. The second kappa shape index (κ2) is 13.0. The molecule has 8 nitrogen and oxygen atoms in total. The van der Waals surface area contributed by atoms with Crippen LogP contribution in [0.3, 0.4) is 0 Å². The molecule has 1 saturated heterocycles. The number of thioether (sulfide) groups is 1. The summed E-state index contributed by atoms with van der Waals surface area (Å²) in [6.45, 7) is 6.57. The Morgan fingerprint density at radius 2 is 1.52 bits per heavy atom. The van der Waals surface area contributed by atoms with E-state index in [1.807, 2.05) is 42.7 Å². The van der Waals surface area contributed by atoms with Gasteiger partial charge in [0.2, 0.25) is 0 Å². The number of carbonyl (C=O) groups is 1. The summed E-state index contributed by atoms with van der Waals surface area (Å²) >= 11 is 1.32. The molecule has 1 N–H and O–H groups in total. The van der Waals surface area contributed by atoms with Crippen LogP contribution in [0.25, 0.3) is 10.4 Å². The van der Waals surface area contributed by atoms with Crippen molar-refractivity contribution in [1.82, 2.24) is 0 Å². The first-order valence-corrected chi connectivity index (χ1v) is 16.3. The van der Waals surface area contributed by atoms with Gasteiger partial charge in [0.25, 0.3) is 8.32 Å². The highest BCUT2D eigenvalue weighted by Crippen LogP contribution is 2.38. The highest BCUT2D eigenvalue weighted by Gasteiger charge is 2.53. The minimum Gasteiger partial charge on any atom is -0.453 e. The van der Waals surface area contributed by atoms with E-state index in [0.717, 1.165) is 10.4 Å². The predicted octanol–water partition coefficient (Wildman–Crippen LogP) is 4.92. The third kappa shape index (κ3) is 6.12. The maximum atomic E-state index is 13.1. The van der Waals surface area contributed by atoms with Crippen LogP contribution in [0.5, 0.6) is 0 Å². The molecule has 0 bridgehead atoms. The van der Waals surface area contributed by atoms with Crippen LogP contribution < -0.4 is 10.4 Å². The summed E-state index contributed by atoms with van der Waals surface area (Å²) < 4.78 is 19.3. The molecule has 10 heteroatoms. The molecular formula is C30H35N3O5SSi. The summed E-state index contributed by atoms with van der Waals surface area (Å²) in [6, 6.07) is 28.0. The standard InChI is InChI=1S/C30H35N3O5SSi/c1-30(2,3)40(22-16-10-6-11-17-22,23-18-12-7-13-19-23)36-20-24-27(38-28(35)21-14-8-5-9-15-21)26(34)25(32-33-31)29(37-24)39-4/h5-19,24-27,29,34H,20H2,1-4H3/t24?,25?,26-,27-,29+/m1/s1. The van der Waals surface area contributed by atoms with E-state index in [2.05, 4.69) is 55.1 Å². The highest BCUT2D eigenvalue weighted by atomic mass is 32.2. The predicted molar refractivity (Wildman–Crippen MR) is 160 cm³/mol. The van der Waals surface area contributed by atoms with Crippen molar-refractivity contribution in [2.24, 2.45) is 5.11 Å². The van der Waals surface area contributed by atoms with Crippen molar-refractivity contribution in [3.8, 4) is 0 Å². The second-order valence-corrected chi connectivity index (χ2v) is 15.9. The first kappa shape index (κ1) is 29.9. The fourth-order valence-electron chi connectivity index (χ4n) is 5.30. The lowest BCUT2D eigenvalue weighted by Gasteiger charge is -2.46. The first-order valence-electron chi connectivity index (χ1n) is 13.1. The average Bonchev–Trinajstić information content (AvgIpc) is 2.97. The topological polar surface area (TPSA) is 114 Å². The highest BCUT2D eigenvalue weighted by molar-refractivity contribution is 7.99. The summed E-state index contributed by atoms with van der Waals surface area (Å²) in [5, 5.41) is 17.1. The van der Waals surface area contributed by atoms with E-state index in [-0.39, 0.29) is 11.6 Å². The Morgan fingerprint density at radius 1 is 1.00 bits per heavy atom. The van der Waals surface area contributed by atoms with Gasteiger partial charge in [-0.25, -0.2) is 4.79 Å². The number of hydrogen-bond acceptors (Lipinski definition) is 7. The molecule has 40 heavy (non-hydrogen) atoms. The van der Waals surface area contributed by atoms with Crippen LogP contribution in [0, 0.1) is 0 Å². The molecule has 0 saturated carbocycles. The van der Waals surface area contributed by atoms with Crippen LogP contribution in [0.2, 0.25) is 5.04 Å². The van der Waals surface area contributed by atoms with Gasteiger partial charge in [0.15, 0.2) is 6.10 Å². The molecule has 1 fully saturated rings. The molecule has 4 rings (SSSR count). The van der Waals surface area contributed by atoms with Gasteiger partial charge in [-0.05, 0) is 39.3 Å². The molecule has 3 aromatic carbocycles. The Kier molecular flexibility index (Phi) is 9.73. The van der Waals surface area contributed by atoms with Gasteiger partial charge >= 0.3 is 5.97 Å². The van der Waals surface area contributed by atoms with Crippen molar-refractivity contribution in [2.75, 3.05) is 12.9 Å². The van der Waals surface area contributed by atoms with E-state index in [9.17, 15) is 9.90 Å². The SMILES string of the molecule is CS[C@@H]1OC(CO[Si](c2ccccc2)(c2ccccc2)C(C)(C)C)[C@@H](OC(=O)c2ccccc2)[C@H](O)C1N=[N+]=[N-]. The zero-order chi connectivity index (χ0) is 28.8. The van der Waals surface area contributed by atoms with E-state index in [4.69, 9.17) is 19.4 Å². The van der Waals surface area contributed by atoms with Gasteiger partial charge < -0.3 is 19.0 Å². The van der Waals surface area contributed by atoms with Crippen molar-refractivity contribution < 1.29 is 23.8 Å². The molecule has 0 aromatic heterocycles. The van der Waals surface area contributed by atoms with E-state index in [1.165, 1.54) is 11.8 Å². The molecule has 3 aromatic rings. The molecule has 1 aliphatic rings. The molecule has 0 radical (unpaired) electrons. The molecule has 210 valence electrons. The molecule has 1 heterocycles. The second-order valence-electron chi connectivity index (χ2n) is 10.7. The van der Waals surface area contributed by atoms with Crippen molar-refractivity contribution in [2.45, 2.75) is 55.6 Å². The van der Waals surface area contributed by atoms with Crippen molar-refractivity contribution in [3.05, 3.63) is 107 Å². The third-order valence-corrected chi connectivity index (χ3v) is 13.1. The number of aliphatic hydroxyl groups excluding tert-OH is 1. The van der Waals surface area contributed by atoms with Gasteiger partial charge in [-0.15, -0.1) is 11.8 Å². The number of carbonyl (C=O) groups excluding carboxylic acids is 1. The molecule has 2 unspecified atom stereocenters. The van der Waals surface area contributed by atoms with Gasteiger partial charge in [-0.1, -0.05) is 105 Å². The molecule has 0 spiro atoms. The normalized spacial score (nSPS) is 23.2. The summed E-state index contributed by atoms with van der Waals surface area (Å²) in [6.07, 6.45) is -1.41. The van der Waals surface area contributed by atoms with Crippen LogP contribution in [0.1, 0.15) is 31.1 Å². The van der Waals surface area contributed by atoms with E-state index >= 15 is 0 Å². The fraction of sp³-hybridized carbons (Fsp3) is 0.367. The van der Waals surface area contributed by atoms with E-state index in [0.29, 0.717) is 5.56 Å². The smallest absolute Gasteiger partial charge is 0.338 e. The largest absolute Gasteiger partial charge is 0.453 e. The van der Waals surface area contributed by atoms with Gasteiger partial charge in [0, 0.05) is 4.91 Å². The number of esters is 1. The number of hydrogen-bond donors (Lipinski definition) is 1. The van der Waals surface area contributed by atoms with Crippen LogP contribution in [-0.4, -0.2) is 62.0 Å². The molecule has 0 amide bonds. The molecule has 0 aliphatic carbocycles. The Morgan fingerprint density at radius 3 is 2.00 bits per heavy atom. The number of rotatable bonds is 9. The van der Waals surface area contributed by atoms with Gasteiger partial charge in [-0.3, -0.25) is 0 Å². The van der Waals surface area contributed by atoms with Crippen molar-refractivity contribution in [1.29, 1.82) is 0 Å². The summed E-state index contributed by atoms with van der Waals surface area (Å²) in [4.78, 5) is 16.0. The minimum atomic E-state index is -2.94. The molecular weight excluding hydrogens is 542 g/mol. The Balaban J connectivity index is 1.74. The van der Waals surface area contributed by atoms with Crippen molar-refractivity contribution in [3.63, 3.8) is 0 Å². The Bertz CT molecular complexity index is 1260. The fourth-order valence-corrected chi connectivity index (χ4v) is 10.6. The van der Waals surface area contributed by atoms with E-state index < -0.39 is 44.1 Å². The van der Waals surface area contributed by atoms with Crippen LogP contribution in [-0.2, 0) is 13.9 Å². The Hall–Kier alpha value is -3.11. The molecule has 1 aliphatic heterocycles. The van der Waals surface area contributed by atoms with E-state index in [1.54, 1.807) is 30.3 Å². The monoisotopic (exact) mass is 577 g/mol. The summed E-state index contributed by atoms with van der Waals surface area (Å²) in [5.74, 6) is -0.606. The minimum absolute atomic E-state index is 0.0527. The number of benzene rings is 3. The first-order chi connectivity index (χ1) is 19.2. The summed E-state index contributed by atoms with van der Waals surface area (Å²) in [7, 11) is -2.94. The number of nitrogens with zero attached hydrogens (tertiary/aromatic N) is 3. The van der Waals surface area contributed by atoms with Gasteiger partial charge in [0.1, 0.15) is 23.7 Å². The maximum absolute atomic E-state index is 13.1. The number of ether oxygens (including phenoxy) is 2. The lowest BCUT2D eigenvalue weighted by Crippen LogP contribution is -2.68. The Labute approximate surface area is 240 Å². The maximum Gasteiger partial charge on any atom is 0.338 e. The quantitative estimate of drug-likeness (QED) is 0.127.